The summed E-state index contributed by atoms with van der Waals surface area (Å²) >= 11 is 1.34. The first-order chi connectivity index (χ1) is 15.3. The van der Waals surface area contributed by atoms with Crippen LogP contribution in [0.3, 0.4) is 0 Å². The van der Waals surface area contributed by atoms with Crippen LogP contribution in [-0.4, -0.2) is 40.6 Å². The Morgan fingerprint density at radius 3 is 2.53 bits per heavy atom. The number of hydrogen-bond donors (Lipinski definition) is 1. The van der Waals surface area contributed by atoms with Gasteiger partial charge < -0.3 is 9.88 Å². The van der Waals surface area contributed by atoms with E-state index in [1.165, 1.54) is 11.8 Å². The Morgan fingerprint density at radius 2 is 1.88 bits per heavy atom. The number of amides is 1. The fourth-order valence-electron chi connectivity index (χ4n) is 3.77. The number of aryl methyl sites for hydroxylation is 1. The lowest BCUT2D eigenvalue weighted by molar-refractivity contribution is -0.115. The maximum absolute atomic E-state index is 13.2. The standard InChI is InChI=1S/C23H26N4O3S2/c1-16-8-10-19(11-9-16)24-22(28)21(18-6-4-3-5-7-18)31-23-26-25-20(27(23)2)14-17-12-13-32(29,30)15-17/h3-11,17,21H,12-15H2,1-2H3,(H,24,28)/t17-,21-/m0/s1. The topological polar surface area (TPSA) is 94.0 Å². The van der Waals surface area contributed by atoms with Gasteiger partial charge in [-0.1, -0.05) is 59.8 Å². The van der Waals surface area contributed by atoms with E-state index in [-0.39, 0.29) is 23.3 Å². The number of nitrogens with zero attached hydrogens (tertiary/aromatic N) is 3. The van der Waals surface area contributed by atoms with E-state index in [0.717, 1.165) is 22.6 Å². The number of anilines is 1. The lowest BCUT2D eigenvalue weighted by Gasteiger charge is -2.17. The molecule has 168 valence electrons. The Labute approximate surface area is 192 Å². The minimum atomic E-state index is -2.94. The van der Waals surface area contributed by atoms with Crippen LogP contribution in [0.4, 0.5) is 5.69 Å². The van der Waals surface area contributed by atoms with Gasteiger partial charge in [0.1, 0.15) is 11.1 Å². The van der Waals surface area contributed by atoms with E-state index in [1.807, 2.05) is 73.1 Å². The summed E-state index contributed by atoms with van der Waals surface area (Å²) in [5.41, 5.74) is 2.73. The van der Waals surface area contributed by atoms with Crippen molar-refractivity contribution in [1.29, 1.82) is 0 Å². The van der Waals surface area contributed by atoms with Gasteiger partial charge in [-0.15, -0.1) is 10.2 Å². The van der Waals surface area contributed by atoms with Gasteiger partial charge in [0.25, 0.3) is 0 Å². The summed E-state index contributed by atoms with van der Waals surface area (Å²) in [6.07, 6.45) is 1.22. The first-order valence-electron chi connectivity index (χ1n) is 10.5. The summed E-state index contributed by atoms with van der Waals surface area (Å²) in [5.74, 6) is 1.10. The van der Waals surface area contributed by atoms with Crippen molar-refractivity contribution in [3.63, 3.8) is 0 Å². The molecule has 0 spiro atoms. The van der Waals surface area contributed by atoms with Gasteiger partial charge in [-0.3, -0.25) is 4.79 Å². The molecule has 1 aromatic heterocycles. The summed E-state index contributed by atoms with van der Waals surface area (Å²) < 4.78 is 25.4. The Kier molecular flexibility index (Phi) is 6.66. The monoisotopic (exact) mass is 470 g/mol. The molecule has 2 atom stereocenters. The SMILES string of the molecule is Cc1ccc(NC(=O)[C@@H](Sc2nnc(C[C@@H]3CCS(=O)(=O)C3)n2C)c2ccccc2)cc1. The minimum Gasteiger partial charge on any atom is -0.325 e. The number of rotatable bonds is 7. The van der Waals surface area contributed by atoms with Crippen molar-refractivity contribution in [2.45, 2.75) is 30.2 Å². The number of carbonyl (C=O) groups is 1. The van der Waals surface area contributed by atoms with E-state index in [2.05, 4.69) is 15.5 Å². The van der Waals surface area contributed by atoms with Crippen LogP contribution in [0.15, 0.2) is 59.8 Å². The molecular weight excluding hydrogens is 444 g/mol. The summed E-state index contributed by atoms with van der Waals surface area (Å²) in [7, 11) is -1.07. The van der Waals surface area contributed by atoms with Gasteiger partial charge in [0.05, 0.1) is 11.5 Å². The highest BCUT2D eigenvalue weighted by molar-refractivity contribution is 8.00. The molecule has 0 unspecified atom stereocenters. The van der Waals surface area contributed by atoms with Gasteiger partial charge in [0.15, 0.2) is 15.0 Å². The zero-order chi connectivity index (χ0) is 22.7. The third-order valence-corrected chi connectivity index (χ3v) is 8.73. The van der Waals surface area contributed by atoms with Crippen molar-refractivity contribution < 1.29 is 13.2 Å². The van der Waals surface area contributed by atoms with E-state index in [1.54, 1.807) is 0 Å². The third kappa shape index (κ3) is 5.39. The van der Waals surface area contributed by atoms with Crippen LogP contribution in [0.25, 0.3) is 0 Å². The Balaban J connectivity index is 1.53. The predicted octanol–water partition coefficient (Wildman–Crippen LogP) is 3.57. The first-order valence-corrected chi connectivity index (χ1v) is 13.2. The quantitative estimate of drug-likeness (QED) is 0.531. The third-order valence-electron chi connectivity index (χ3n) is 5.61. The molecule has 1 amide bonds. The molecule has 2 aromatic carbocycles. The normalized spacial score (nSPS) is 18.4. The van der Waals surface area contributed by atoms with Crippen LogP contribution >= 0.6 is 11.8 Å². The Morgan fingerprint density at radius 1 is 1.16 bits per heavy atom. The van der Waals surface area contributed by atoms with Gasteiger partial charge >= 0.3 is 0 Å². The second-order valence-corrected chi connectivity index (χ2v) is 11.5. The molecule has 3 aromatic rings. The average molecular weight is 471 g/mol. The van der Waals surface area contributed by atoms with Crippen LogP contribution in [0.5, 0.6) is 0 Å². The number of sulfone groups is 1. The molecule has 0 radical (unpaired) electrons. The van der Waals surface area contributed by atoms with Gasteiger partial charge in [0, 0.05) is 19.2 Å². The largest absolute Gasteiger partial charge is 0.325 e. The van der Waals surface area contributed by atoms with Crippen LogP contribution in [0.2, 0.25) is 0 Å². The summed E-state index contributed by atoms with van der Waals surface area (Å²) in [5, 5.41) is 11.7. The maximum atomic E-state index is 13.2. The molecule has 1 fully saturated rings. The second-order valence-electron chi connectivity index (χ2n) is 8.19. The average Bonchev–Trinajstić information content (AvgIpc) is 3.30. The van der Waals surface area contributed by atoms with E-state index in [9.17, 15) is 13.2 Å². The molecule has 7 nitrogen and oxygen atoms in total. The molecule has 0 saturated carbocycles. The van der Waals surface area contributed by atoms with Crippen molar-refractivity contribution in [3.05, 3.63) is 71.5 Å². The van der Waals surface area contributed by atoms with Crippen molar-refractivity contribution in [2.75, 3.05) is 16.8 Å². The predicted molar refractivity (Wildman–Crippen MR) is 126 cm³/mol. The number of aromatic nitrogens is 3. The van der Waals surface area contributed by atoms with Gasteiger partial charge in [0.2, 0.25) is 5.91 Å². The van der Waals surface area contributed by atoms with Crippen LogP contribution < -0.4 is 5.32 Å². The zero-order valence-corrected chi connectivity index (χ0v) is 19.7. The highest BCUT2D eigenvalue weighted by Gasteiger charge is 2.30. The molecule has 0 aliphatic carbocycles. The number of benzene rings is 2. The molecule has 4 rings (SSSR count). The summed E-state index contributed by atoms with van der Waals surface area (Å²) in [6, 6.07) is 17.3. The smallest absolute Gasteiger partial charge is 0.242 e. The van der Waals surface area contributed by atoms with Crippen molar-refractivity contribution >= 4 is 33.2 Å². The van der Waals surface area contributed by atoms with Crippen molar-refractivity contribution in [3.8, 4) is 0 Å². The molecular formula is C23H26N4O3S2. The molecule has 0 bridgehead atoms. The van der Waals surface area contributed by atoms with Gasteiger partial charge in [-0.25, -0.2) is 8.42 Å². The summed E-state index contributed by atoms with van der Waals surface area (Å²) in [4.78, 5) is 13.2. The number of hydrogen-bond acceptors (Lipinski definition) is 6. The Hall–Kier alpha value is -2.65. The number of carbonyl (C=O) groups excluding carboxylic acids is 1. The first kappa shape index (κ1) is 22.5. The van der Waals surface area contributed by atoms with Gasteiger partial charge in [-0.2, -0.15) is 0 Å². The molecule has 1 aliphatic heterocycles. The van der Waals surface area contributed by atoms with E-state index >= 15 is 0 Å². The number of nitrogens with one attached hydrogen (secondary N) is 1. The molecule has 9 heteroatoms. The molecule has 1 aliphatic rings. The zero-order valence-electron chi connectivity index (χ0n) is 18.1. The lowest BCUT2D eigenvalue weighted by atomic mass is 10.1. The highest BCUT2D eigenvalue weighted by atomic mass is 32.2. The van der Waals surface area contributed by atoms with Crippen molar-refractivity contribution in [2.24, 2.45) is 13.0 Å². The fourth-order valence-corrected chi connectivity index (χ4v) is 6.65. The van der Waals surface area contributed by atoms with E-state index in [0.29, 0.717) is 18.0 Å². The fraction of sp³-hybridized carbons (Fsp3) is 0.348. The van der Waals surface area contributed by atoms with Crippen molar-refractivity contribution in [1.82, 2.24) is 14.8 Å². The summed E-state index contributed by atoms with van der Waals surface area (Å²) in [6.45, 7) is 2.00. The minimum absolute atomic E-state index is 0.0653. The van der Waals surface area contributed by atoms with Gasteiger partial charge in [-0.05, 0) is 37.0 Å². The van der Waals surface area contributed by atoms with E-state index < -0.39 is 15.1 Å². The highest BCUT2D eigenvalue weighted by Crippen LogP contribution is 2.36. The molecule has 32 heavy (non-hydrogen) atoms. The van der Waals surface area contributed by atoms with Crippen LogP contribution in [0.1, 0.15) is 28.6 Å². The molecule has 2 heterocycles. The lowest BCUT2D eigenvalue weighted by Crippen LogP contribution is -2.19. The molecule has 1 saturated heterocycles. The number of thioether (sulfide) groups is 1. The van der Waals surface area contributed by atoms with E-state index in [4.69, 9.17) is 0 Å². The second kappa shape index (κ2) is 9.46. The van der Waals surface area contributed by atoms with Crippen LogP contribution in [-0.2, 0) is 28.1 Å². The maximum Gasteiger partial charge on any atom is 0.242 e. The molecule has 1 N–H and O–H groups in total. The Bertz CT molecular complexity index is 1190. The van der Waals surface area contributed by atoms with Crippen LogP contribution in [0, 0.1) is 12.8 Å².